The number of hydrogen-bond acceptors (Lipinski definition) is 10. The average Bonchev–Trinajstić information content (AvgIpc) is 3.58. The van der Waals surface area contributed by atoms with E-state index in [1.54, 1.807) is 12.4 Å². The van der Waals surface area contributed by atoms with Gasteiger partial charge in [-0.2, -0.15) is 4.98 Å². The summed E-state index contributed by atoms with van der Waals surface area (Å²) >= 11 is 0. The zero-order valence-electron chi connectivity index (χ0n) is 22.6. The summed E-state index contributed by atoms with van der Waals surface area (Å²) in [5, 5.41) is 13.6. The van der Waals surface area contributed by atoms with Crippen LogP contribution in [0.25, 0.3) is 0 Å². The maximum Gasteiger partial charge on any atom is 0.324 e. The van der Waals surface area contributed by atoms with Crippen LogP contribution in [0.4, 0.5) is 20.7 Å². The van der Waals surface area contributed by atoms with Crippen molar-refractivity contribution < 1.29 is 23.1 Å². The first-order valence-electron chi connectivity index (χ1n) is 13.6. The first-order chi connectivity index (χ1) is 18.6. The summed E-state index contributed by atoms with van der Waals surface area (Å²) in [6.45, 7) is 8.14. The topological polar surface area (TPSA) is 127 Å². The number of piperidine rings is 1. The van der Waals surface area contributed by atoms with Crippen molar-refractivity contribution in [3.8, 4) is 5.75 Å². The Bertz CT molecular complexity index is 1190. The molecule has 2 aromatic rings. The van der Waals surface area contributed by atoms with Crippen molar-refractivity contribution in [1.29, 1.82) is 0 Å². The van der Waals surface area contributed by atoms with Gasteiger partial charge in [0.15, 0.2) is 11.6 Å². The highest BCUT2D eigenvalue weighted by Crippen LogP contribution is 2.34. The largest absolute Gasteiger partial charge is 0.487 e. The molecule has 39 heavy (non-hydrogen) atoms. The van der Waals surface area contributed by atoms with Crippen LogP contribution in [0.3, 0.4) is 0 Å². The number of alkyl halides is 1. The van der Waals surface area contributed by atoms with Crippen molar-refractivity contribution >= 4 is 12.0 Å². The number of halogens is 2. The number of hydrogen-bond donors (Lipinski definition) is 2. The Labute approximate surface area is 226 Å². The zero-order valence-corrected chi connectivity index (χ0v) is 22.6. The van der Waals surface area contributed by atoms with Gasteiger partial charge in [0.05, 0.1) is 30.5 Å². The first-order valence-corrected chi connectivity index (χ1v) is 13.6. The summed E-state index contributed by atoms with van der Waals surface area (Å²) in [7, 11) is 0. The van der Waals surface area contributed by atoms with Crippen molar-refractivity contribution in [2.75, 3.05) is 42.6 Å². The maximum absolute atomic E-state index is 14.4. The van der Waals surface area contributed by atoms with Crippen LogP contribution in [0, 0.1) is 11.8 Å². The highest BCUT2D eigenvalue weighted by molar-refractivity contribution is 5.41. The third-order valence-electron chi connectivity index (χ3n) is 8.03. The van der Waals surface area contributed by atoms with E-state index < -0.39 is 11.6 Å². The van der Waals surface area contributed by atoms with Crippen LogP contribution in [0.1, 0.15) is 45.9 Å². The smallest absolute Gasteiger partial charge is 0.324 e. The van der Waals surface area contributed by atoms with Crippen molar-refractivity contribution in [2.24, 2.45) is 17.6 Å². The molecule has 12 heteroatoms. The highest BCUT2D eigenvalue weighted by Gasteiger charge is 2.37. The van der Waals surface area contributed by atoms with E-state index in [0.717, 1.165) is 25.9 Å². The molecule has 2 aliphatic heterocycles. The second-order valence-electron chi connectivity index (χ2n) is 11.4. The van der Waals surface area contributed by atoms with Gasteiger partial charge in [0.1, 0.15) is 12.0 Å². The van der Waals surface area contributed by atoms with E-state index >= 15 is 0 Å². The fourth-order valence-corrected chi connectivity index (χ4v) is 5.39. The molecule has 2 saturated heterocycles. The molecule has 5 rings (SSSR count). The highest BCUT2D eigenvalue weighted by atomic mass is 19.1. The molecular weight excluding hydrogens is 508 g/mol. The van der Waals surface area contributed by atoms with Gasteiger partial charge in [-0.05, 0) is 43.4 Å². The van der Waals surface area contributed by atoms with Gasteiger partial charge >= 0.3 is 6.01 Å². The van der Waals surface area contributed by atoms with Gasteiger partial charge < -0.3 is 29.9 Å². The molecule has 0 aromatic carbocycles. The Morgan fingerprint density at radius 3 is 2.62 bits per heavy atom. The number of rotatable bonds is 8. The number of nitrogens with two attached hydrogens (primary N) is 1. The summed E-state index contributed by atoms with van der Waals surface area (Å²) in [4.78, 5) is 17.4. The number of aliphatic hydroxyl groups excluding tert-OH is 1. The first kappa shape index (κ1) is 27.4. The molecule has 0 amide bonds. The molecule has 0 radical (unpaired) electrons. The fourth-order valence-electron chi connectivity index (χ4n) is 5.39. The molecule has 2 fully saturated rings. The predicted molar refractivity (Wildman–Crippen MR) is 142 cm³/mol. The van der Waals surface area contributed by atoms with Crippen LogP contribution in [0.5, 0.6) is 5.75 Å². The van der Waals surface area contributed by atoms with Crippen molar-refractivity contribution in [1.82, 2.24) is 20.1 Å². The normalized spacial score (nSPS) is 25.5. The van der Waals surface area contributed by atoms with Crippen LogP contribution < -0.4 is 20.3 Å². The zero-order chi connectivity index (χ0) is 27.7. The van der Waals surface area contributed by atoms with E-state index in [-0.39, 0.29) is 36.9 Å². The van der Waals surface area contributed by atoms with Crippen LogP contribution in [-0.2, 0) is 5.41 Å². The maximum atomic E-state index is 14.4. The number of ether oxygens (including phenoxy) is 1. The molecule has 212 valence electrons. The van der Waals surface area contributed by atoms with Crippen molar-refractivity contribution in [2.45, 2.75) is 63.8 Å². The molecule has 4 heterocycles. The van der Waals surface area contributed by atoms with Crippen LogP contribution in [-0.4, -0.2) is 76.3 Å². The van der Waals surface area contributed by atoms with E-state index in [0.29, 0.717) is 48.1 Å². The lowest BCUT2D eigenvalue weighted by Gasteiger charge is -2.33. The average molecular weight is 546 g/mol. The molecule has 3 N–H and O–H groups in total. The Morgan fingerprint density at radius 2 is 1.92 bits per heavy atom. The minimum Gasteiger partial charge on any atom is -0.487 e. The number of anilines is 2. The van der Waals surface area contributed by atoms with Crippen LogP contribution in [0.15, 0.2) is 40.5 Å². The van der Waals surface area contributed by atoms with E-state index in [1.807, 2.05) is 25.7 Å². The monoisotopic (exact) mass is 545 g/mol. The van der Waals surface area contributed by atoms with E-state index in [1.165, 1.54) is 12.2 Å². The molecule has 0 bridgehead atoms. The predicted octanol–water partition coefficient (Wildman–Crippen LogP) is 3.10. The third kappa shape index (κ3) is 5.91. The van der Waals surface area contributed by atoms with Crippen molar-refractivity contribution in [3.63, 3.8) is 0 Å². The fraction of sp³-hybridized carbons (Fsp3) is 0.630. The second-order valence-corrected chi connectivity index (χ2v) is 11.4. The second kappa shape index (κ2) is 11.2. The molecule has 2 aromatic heterocycles. The number of nitrogens with zero attached hydrogens (tertiary/aromatic N) is 6. The summed E-state index contributed by atoms with van der Waals surface area (Å²) in [6.07, 6.45) is 6.57. The summed E-state index contributed by atoms with van der Waals surface area (Å²) in [5.74, 6) is 1.19. The lowest BCUT2D eigenvalue weighted by atomic mass is 9.89. The quantitative estimate of drug-likeness (QED) is 0.511. The standard InChI is InChI=1S/C27H37F2N7O3/c1-16(17-6-8-35(9-7-17)26-33-24(34-39-26)27(2,3)15-37)38-19-11-31-25(32-12-19)36-13-21(23(30)14-36)20-10-18(28)4-5-22(20)29/h5,10-12,16-18,21,23,37H,4,6-9,13-15,30H2,1-3H3/t16-,18?,21+,23-/m0/s1. The van der Waals surface area contributed by atoms with E-state index in [4.69, 9.17) is 15.0 Å². The Morgan fingerprint density at radius 1 is 1.21 bits per heavy atom. The van der Waals surface area contributed by atoms with Crippen LogP contribution in [0.2, 0.25) is 0 Å². The Kier molecular flexibility index (Phi) is 7.86. The SMILES string of the molecule is C[C@H](Oc1cnc(N2C[C@H](C3=CC(F)CC=C3F)[C@@H](N)C2)nc1)C1CCN(c2nc(C(C)(C)CO)no2)CC1. The van der Waals surface area contributed by atoms with Gasteiger partial charge in [-0.25, -0.2) is 18.7 Å². The van der Waals surface area contributed by atoms with Gasteiger partial charge in [-0.3, -0.25) is 0 Å². The Balaban J connectivity index is 1.13. The minimum atomic E-state index is -1.18. The summed E-state index contributed by atoms with van der Waals surface area (Å²) in [6, 6.07) is 0.139. The molecule has 0 spiro atoms. The third-order valence-corrected chi connectivity index (χ3v) is 8.03. The van der Waals surface area contributed by atoms with Gasteiger partial charge in [0.25, 0.3) is 0 Å². The molecule has 1 aliphatic carbocycles. The molecule has 4 atom stereocenters. The summed E-state index contributed by atoms with van der Waals surface area (Å²) < 4.78 is 39.8. The molecule has 3 aliphatic rings. The van der Waals surface area contributed by atoms with Crippen LogP contribution >= 0.6 is 0 Å². The van der Waals surface area contributed by atoms with Gasteiger partial charge in [-0.15, -0.1) is 0 Å². The number of allylic oxidation sites excluding steroid dienone is 3. The lowest BCUT2D eigenvalue weighted by molar-refractivity contribution is 0.131. The molecule has 0 saturated carbocycles. The molecule has 1 unspecified atom stereocenters. The van der Waals surface area contributed by atoms with E-state index in [9.17, 15) is 13.9 Å². The minimum absolute atomic E-state index is 0.0422. The Hall–Kier alpha value is -3.12. The van der Waals surface area contributed by atoms with Gasteiger partial charge in [0.2, 0.25) is 5.95 Å². The van der Waals surface area contributed by atoms with Gasteiger partial charge in [-0.1, -0.05) is 19.0 Å². The van der Waals surface area contributed by atoms with Gasteiger partial charge in [0, 0.05) is 44.6 Å². The van der Waals surface area contributed by atoms with Crippen molar-refractivity contribution in [3.05, 3.63) is 41.8 Å². The number of aliphatic hydroxyl groups is 1. The molecule has 10 nitrogen and oxygen atoms in total. The lowest BCUT2D eigenvalue weighted by Crippen LogP contribution is -2.39. The number of aromatic nitrogens is 4. The molecular formula is C27H37F2N7O3. The van der Waals surface area contributed by atoms with E-state index in [2.05, 4.69) is 25.0 Å². The summed E-state index contributed by atoms with van der Waals surface area (Å²) in [5.41, 5.74) is 6.08.